The Balaban J connectivity index is 1.40. The largest absolute Gasteiger partial charge is 0.378 e. The maximum Gasteiger partial charge on any atom is 0.254 e. The van der Waals surface area contributed by atoms with Gasteiger partial charge in [-0.25, -0.2) is 8.42 Å². The Morgan fingerprint density at radius 1 is 1.16 bits per heavy atom. The number of hydrogen-bond donors (Lipinski definition) is 3. The van der Waals surface area contributed by atoms with Crippen LogP contribution in [0.5, 0.6) is 0 Å². The summed E-state index contributed by atoms with van der Waals surface area (Å²) in [5.74, 6) is 0.672. The molecule has 0 unspecified atom stereocenters. The van der Waals surface area contributed by atoms with Gasteiger partial charge in [0.1, 0.15) is 11.2 Å². The van der Waals surface area contributed by atoms with Gasteiger partial charge in [-0.3, -0.25) is 9.89 Å². The first-order chi connectivity index (χ1) is 15.4. The van der Waals surface area contributed by atoms with Crippen molar-refractivity contribution < 1.29 is 17.9 Å². The molecule has 0 radical (unpaired) electrons. The summed E-state index contributed by atoms with van der Waals surface area (Å²) in [5.41, 5.74) is 1.54. The molecule has 1 saturated carbocycles. The molecule has 1 aliphatic carbocycles. The minimum atomic E-state index is -3.52. The van der Waals surface area contributed by atoms with E-state index in [4.69, 9.17) is 4.74 Å². The molecule has 12 heteroatoms. The van der Waals surface area contributed by atoms with Crippen LogP contribution in [0.3, 0.4) is 0 Å². The van der Waals surface area contributed by atoms with Crippen LogP contribution in [-0.4, -0.2) is 78.0 Å². The summed E-state index contributed by atoms with van der Waals surface area (Å²) in [5, 5.41) is 13.4. The van der Waals surface area contributed by atoms with Crippen molar-refractivity contribution in [2.45, 2.75) is 23.9 Å². The third-order valence-electron chi connectivity index (χ3n) is 5.36. The molecule has 1 amide bonds. The molecule has 3 N–H and O–H groups in total. The lowest BCUT2D eigenvalue weighted by molar-refractivity contribution is 0.0303. The zero-order chi connectivity index (χ0) is 22.3. The number of H-pyrrole nitrogens is 1. The smallest absolute Gasteiger partial charge is 0.254 e. The van der Waals surface area contributed by atoms with E-state index in [1.54, 1.807) is 29.2 Å². The number of sulfone groups is 1. The summed E-state index contributed by atoms with van der Waals surface area (Å²) in [4.78, 5) is 23.3. The SMILES string of the molecule is CS(=O)(=O)c1[nH]nc2nc(Nc3ccc(C(=O)N4CCOCC4)cc3)nc(NC3CC3)c12. The van der Waals surface area contributed by atoms with Crippen LogP contribution in [0.25, 0.3) is 11.0 Å². The molecule has 3 aromatic rings. The molecule has 32 heavy (non-hydrogen) atoms. The zero-order valence-electron chi connectivity index (χ0n) is 17.5. The second kappa shape index (κ2) is 8.02. The lowest BCUT2D eigenvalue weighted by Crippen LogP contribution is -2.40. The highest BCUT2D eigenvalue weighted by Gasteiger charge is 2.27. The quantitative estimate of drug-likeness (QED) is 0.502. The molecule has 1 aliphatic heterocycles. The molecule has 1 saturated heterocycles. The number of rotatable bonds is 6. The van der Waals surface area contributed by atoms with Gasteiger partial charge >= 0.3 is 0 Å². The molecule has 1 aromatic carbocycles. The van der Waals surface area contributed by atoms with Crippen molar-refractivity contribution in [3.05, 3.63) is 29.8 Å². The van der Waals surface area contributed by atoms with E-state index in [-0.39, 0.29) is 28.6 Å². The number of nitrogens with one attached hydrogen (secondary N) is 3. The first-order valence-corrected chi connectivity index (χ1v) is 12.2. The molecular weight excluding hydrogens is 434 g/mol. The Hall–Kier alpha value is -3.25. The Bertz CT molecular complexity index is 1260. The fraction of sp³-hybridized carbons (Fsp3) is 0.400. The number of hydrogen-bond acceptors (Lipinski definition) is 9. The minimum absolute atomic E-state index is 0.00632. The van der Waals surface area contributed by atoms with Crippen LogP contribution >= 0.6 is 0 Å². The van der Waals surface area contributed by atoms with E-state index in [2.05, 4.69) is 30.8 Å². The fourth-order valence-electron chi connectivity index (χ4n) is 3.52. The maximum absolute atomic E-state index is 12.6. The standard InChI is InChI=1S/C20H23N7O4S/c1-32(29,30)18-15-16(21-13-6-7-13)23-20(24-17(15)25-26-18)22-14-4-2-12(3-5-14)19(28)27-8-10-31-11-9-27/h2-5,13H,6-11H2,1H3,(H3,21,22,23,24,25,26). The molecule has 0 bridgehead atoms. The van der Waals surface area contributed by atoms with Crippen LogP contribution in [0.1, 0.15) is 23.2 Å². The van der Waals surface area contributed by atoms with Gasteiger partial charge in [0.2, 0.25) is 5.95 Å². The zero-order valence-corrected chi connectivity index (χ0v) is 18.3. The van der Waals surface area contributed by atoms with Gasteiger partial charge < -0.3 is 20.3 Å². The number of carbonyl (C=O) groups is 1. The van der Waals surface area contributed by atoms with E-state index >= 15 is 0 Å². The molecule has 2 aromatic heterocycles. The average Bonchev–Trinajstić information content (AvgIpc) is 3.48. The predicted molar refractivity (Wildman–Crippen MR) is 118 cm³/mol. The lowest BCUT2D eigenvalue weighted by atomic mass is 10.1. The molecule has 3 heterocycles. The molecule has 168 valence electrons. The third-order valence-corrected chi connectivity index (χ3v) is 6.39. The van der Waals surface area contributed by atoms with Gasteiger partial charge in [0.15, 0.2) is 20.5 Å². The first kappa shape index (κ1) is 20.6. The number of benzene rings is 1. The monoisotopic (exact) mass is 457 g/mol. The van der Waals surface area contributed by atoms with Crippen LogP contribution in [0.15, 0.2) is 29.3 Å². The van der Waals surface area contributed by atoms with E-state index in [1.165, 1.54) is 0 Å². The van der Waals surface area contributed by atoms with Gasteiger partial charge in [-0.1, -0.05) is 0 Å². The number of aromatic amines is 1. The first-order valence-electron chi connectivity index (χ1n) is 10.4. The summed E-state index contributed by atoms with van der Waals surface area (Å²) >= 11 is 0. The summed E-state index contributed by atoms with van der Waals surface area (Å²) in [6, 6.07) is 7.31. The summed E-state index contributed by atoms with van der Waals surface area (Å²) in [6.07, 6.45) is 3.12. The van der Waals surface area contributed by atoms with Gasteiger partial charge in [0.05, 0.1) is 13.2 Å². The number of aromatic nitrogens is 4. The van der Waals surface area contributed by atoms with Gasteiger partial charge in [0.25, 0.3) is 5.91 Å². The van der Waals surface area contributed by atoms with Crippen LogP contribution in [0, 0.1) is 0 Å². The maximum atomic E-state index is 12.6. The topological polar surface area (TPSA) is 142 Å². The fourth-order valence-corrected chi connectivity index (χ4v) is 4.29. The van der Waals surface area contributed by atoms with Crippen molar-refractivity contribution in [1.29, 1.82) is 0 Å². The van der Waals surface area contributed by atoms with Gasteiger partial charge in [-0.05, 0) is 37.1 Å². The Morgan fingerprint density at radius 3 is 2.53 bits per heavy atom. The highest BCUT2D eigenvalue weighted by atomic mass is 32.2. The van der Waals surface area contributed by atoms with Crippen LogP contribution in [-0.2, 0) is 14.6 Å². The molecule has 0 atom stereocenters. The Morgan fingerprint density at radius 2 is 1.88 bits per heavy atom. The van der Waals surface area contributed by atoms with Crippen molar-refractivity contribution in [2.75, 3.05) is 43.2 Å². The average molecular weight is 458 g/mol. The highest BCUT2D eigenvalue weighted by molar-refractivity contribution is 7.90. The summed E-state index contributed by atoms with van der Waals surface area (Å²) < 4.78 is 29.6. The normalized spacial score (nSPS) is 16.8. The van der Waals surface area contributed by atoms with Crippen molar-refractivity contribution in [3.8, 4) is 0 Å². The van der Waals surface area contributed by atoms with Crippen molar-refractivity contribution >= 4 is 44.2 Å². The van der Waals surface area contributed by atoms with E-state index in [0.717, 1.165) is 19.1 Å². The summed E-state index contributed by atoms with van der Waals surface area (Å²) in [6.45, 7) is 2.28. The second-order valence-corrected chi connectivity index (χ2v) is 9.90. The van der Waals surface area contributed by atoms with E-state index < -0.39 is 9.84 Å². The van der Waals surface area contributed by atoms with E-state index in [0.29, 0.717) is 48.8 Å². The van der Waals surface area contributed by atoms with Gasteiger partial charge in [-0.2, -0.15) is 15.1 Å². The third kappa shape index (κ3) is 4.23. The van der Waals surface area contributed by atoms with Crippen LogP contribution in [0.2, 0.25) is 0 Å². The Labute approximate surface area is 184 Å². The van der Waals surface area contributed by atoms with Crippen molar-refractivity contribution in [2.24, 2.45) is 0 Å². The number of anilines is 3. The molecular formula is C20H23N7O4S. The number of fused-ring (bicyclic) bond motifs is 1. The number of carbonyl (C=O) groups excluding carboxylic acids is 1. The second-order valence-electron chi connectivity index (χ2n) is 7.94. The number of morpholine rings is 1. The van der Waals surface area contributed by atoms with Crippen molar-refractivity contribution in [1.82, 2.24) is 25.1 Å². The van der Waals surface area contributed by atoms with Gasteiger partial charge in [-0.15, -0.1) is 0 Å². The number of amides is 1. The van der Waals surface area contributed by atoms with E-state index in [9.17, 15) is 13.2 Å². The van der Waals surface area contributed by atoms with Crippen LogP contribution < -0.4 is 10.6 Å². The highest BCUT2D eigenvalue weighted by Crippen LogP contribution is 2.32. The summed E-state index contributed by atoms with van der Waals surface area (Å²) in [7, 11) is -3.52. The van der Waals surface area contributed by atoms with E-state index in [1.807, 2.05) is 0 Å². The van der Waals surface area contributed by atoms with Crippen LogP contribution in [0.4, 0.5) is 17.5 Å². The number of nitrogens with zero attached hydrogens (tertiary/aromatic N) is 4. The molecule has 11 nitrogen and oxygen atoms in total. The molecule has 2 aliphatic rings. The molecule has 0 spiro atoms. The lowest BCUT2D eigenvalue weighted by Gasteiger charge is -2.26. The number of ether oxygens (including phenoxy) is 1. The predicted octanol–water partition coefficient (Wildman–Crippen LogP) is 1.55. The minimum Gasteiger partial charge on any atom is -0.378 e. The van der Waals surface area contributed by atoms with Crippen molar-refractivity contribution in [3.63, 3.8) is 0 Å². The molecule has 2 fully saturated rings. The Kier molecular flexibility index (Phi) is 5.18. The molecule has 5 rings (SSSR count). The van der Waals surface area contributed by atoms with Gasteiger partial charge in [0, 0.05) is 36.6 Å².